The number of anilines is 1. The standard InChI is InChI=1S/C20H23NO3S/c22-17(15-1-2-18-16(6-15)21-19(23)10-24-18)11-25-20-7-12-3-13(8-20)5-14(4-12)9-20/h1-2,6,12-14H,3-5,7-11H2,(H,21,23). The van der Waals surface area contributed by atoms with Crippen LogP contribution in [0.3, 0.4) is 0 Å². The van der Waals surface area contributed by atoms with Crippen LogP contribution in [0.5, 0.6) is 5.75 Å². The first kappa shape index (κ1) is 15.7. The lowest BCUT2D eigenvalue weighted by Crippen LogP contribution is -2.48. The Labute approximate surface area is 152 Å². The zero-order valence-electron chi connectivity index (χ0n) is 14.3. The minimum Gasteiger partial charge on any atom is -0.482 e. The largest absolute Gasteiger partial charge is 0.482 e. The van der Waals surface area contributed by atoms with Crippen molar-refractivity contribution in [3.63, 3.8) is 0 Å². The molecule has 0 unspecified atom stereocenters. The minimum atomic E-state index is -0.167. The molecule has 0 spiro atoms. The van der Waals surface area contributed by atoms with Crippen molar-refractivity contribution in [2.45, 2.75) is 43.3 Å². The van der Waals surface area contributed by atoms with Gasteiger partial charge in [-0.2, -0.15) is 0 Å². The van der Waals surface area contributed by atoms with Crippen LogP contribution >= 0.6 is 11.8 Å². The number of ether oxygens (including phenoxy) is 1. The van der Waals surface area contributed by atoms with Crippen LogP contribution in [0.25, 0.3) is 0 Å². The fraction of sp³-hybridized carbons (Fsp3) is 0.600. The van der Waals surface area contributed by atoms with Crippen LogP contribution < -0.4 is 10.1 Å². The molecule has 4 nitrogen and oxygen atoms in total. The van der Waals surface area contributed by atoms with Crippen molar-refractivity contribution in [1.82, 2.24) is 0 Å². The molecule has 4 saturated carbocycles. The van der Waals surface area contributed by atoms with Crippen molar-refractivity contribution in [1.29, 1.82) is 0 Å². The van der Waals surface area contributed by atoms with Crippen LogP contribution in [0, 0.1) is 17.8 Å². The van der Waals surface area contributed by atoms with Gasteiger partial charge in [0.2, 0.25) is 0 Å². The van der Waals surface area contributed by atoms with E-state index in [0.717, 1.165) is 17.8 Å². The Hall–Kier alpha value is -1.49. The Balaban J connectivity index is 1.28. The average Bonchev–Trinajstić information content (AvgIpc) is 2.58. The van der Waals surface area contributed by atoms with Gasteiger partial charge in [-0.3, -0.25) is 9.59 Å². The summed E-state index contributed by atoms with van der Waals surface area (Å²) in [7, 11) is 0. The molecule has 0 atom stereocenters. The Bertz CT molecular complexity index is 709. The van der Waals surface area contributed by atoms with Crippen LogP contribution in [0.2, 0.25) is 0 Å². The average molecular weight is 357 g/mol. The van der Waals surface area contributed by atoms with Gasteiger partial charge in [0.05, 0.1) is 11.4 Å². The number of amides is 1. The molecule has 0 saturated heterocycles. The molecule has 1 aromatic carbocycles. The number of carbonyl (C=O) groups is 2. The molecular formula is C20H23NO3S. The van der Waals surface area contributed by atoms with Gasteiger partial charge in [0.1, 0.15) is 5.75 Å². The number of rotatable bonds is 4. The summed E-state index contributed by atoms with van der Waals surface area (Å²) in [4.78, 5) is 24.2. The van der Waals surface area contributed by atoms with Gasteiger partial charge in [-0.25, -0.2) is 0 Å². The monoisotopic (exact) mass is 357 g/mol. The third-order valence-electron chi connectivity index (χ3n) is 6.43. The van der Waals surface area contributed by atoms with Crippen LogP contribution in [0.4, 0.5) is 5.69 Å². The molecule has 1 aliphatic heterocycles. The van der Waals surface area contributed by atoms with Crippen molar-refractivity contribution >= 4 is 29.1 Å². The lowest BCUT2D eigenvalue weighted by molar-refractivity contribution is -0.118. The van der Waals surface area contributed by atoms with E-state index >= 15 is 0 Å². The number of hydrogen-bond donors (Lipinski definition) is 1. The van der Waals surface area contributed by atoms with Gasteiger partial charge in [-0.05, 0) is 74.5 Å². The number of benzene rings is 1. The lowest BCUT2D eigenvalue weighted by Gasteiger charge is -2.56. The maximum Gasteiger partial charge on any atom is 0.262 e. The van der Waals surface area contributed by atoms with Crippen molar-refractivity contribution in [3.05, 3.63) is 23.8 Å². The molecule has 25 heavy (non-hydrogen) atoms. The number of carbonyl (C=O) groups excluding carboxylic acids is 2. The van der Waals surface area contributed by atoms with E-state index in [2.05, 4.69) is 5.32 Å². The third kappa shape index (κ3) is 2.86. The summed E-state index contributed by atoms with van der Waals surface area (Å²) in [6.07, 6.45) is 8.22. The zero-order valence-corrected chi connectivity index (χ0v) is 15.1. The van der Waals surface area contributed by atoms with Gasteiger partial charge in [0.25, 0.3) is 5.91 Å². The Morgan fingerprint density at radius 2 is 1.84 bits per heavy atom. The number of fused-ring (bicyclic) bond motifs is 1. The number of hydrogen-bond acceptors (Lipinski definition) is 4. The summed E-state index contributed by atoms with van der Waals surface area (Å²) >= 11 is 1.91. The number of thioether (sulfide) groups is 1. The van der Waals surface area contributed by atoms with Gasteiger partial charge in [0.15, 0.2) is 12.4 Å². The first-order valence-electron chi connectivity index (χ1n) is 9.32. The molecule has 1 aromatic rings. The first-order chi connectivity index (χ1) is 12.1. The second kappa shape index (κ2) is 5.76. The Kier molecular flexibility index (Phi) is 3.63. The smallest absolute Gasteiger partial charge is 0.262 e. The minimum absolute atomic E-state index is 0.0438. The maximum absolute atomic E-state index is 12.7. The van der Waals surface area contributed by atoms with Crippen molar-refractivity contribution < 1.29 is 14.3 Å². The number of ketones is 1. The topological polar surface area (TPSA) is 55.4 Å². The second-order valence-corrected chi connectivity index (χ2v) is 9.80. The summed E-state index contributed by atoms with van der Waals surface area (Å²) in [5, 5.41) is 2.78. The molecule has 4 fully saturated rings. The van der Waals surface area contributed by atoms with Crippen molar-refractivity contribution in [3.8, 4) is 5.75 Å². The fourth-order valence-corrected chi connectivity index (χ4v) is 7.43. The van der Waals surface area contributed by atoms with E-state index in [4.69, 9.17) is 4.74 Å². The molecular weight excluding hydrogens is 334 g/mol. The van der Waals surface area contributed by atoms with Crippen molar-refractivity contribution in [2.75, 3.05) is 17.7 Å². The zero-order chi connectivity index (χ0) is 17.0. The van der Waals surface area contributed by atoms with Crippen LogP contribution in [0.1, 0.15) is 48.9 Å². The molecule has 6 rings (SSSR count). The van der Waals surface area contributed by atoms with Gasteiger partial charge in [-0.1, -0.05) is 0 Å². The second-order valence-electron chi connectivity index (χ2n) is 8.36. The first-order valence-corrected chi connectivity index (χ1v) is 10.3. The van der Waals surface area contributed by atoms with E-state index in [0.29, 0.717) is 27.5 Å². The highest BCUT2D eigenvalue weighted by Crippen LogP contribution is 2.60. The summed E-state index contributed by atoms with van der Waals surface area (Å²) < 4.78 is 5.72. The van der Waals surface area contributed by atoms with Gasteiger partial charge in [-0.15, -0.1) is 11.8 Å². The molecule has 0 aromatic heterocycles. The molecule has 5 heteroatoms. The molecule has 0 radical (unpaired) electrons. The van der Waals surface area contributed by atoms with Crippen LogP contribution in [0.15, 0.2) is 18.2 Å². The van der Waals surface area contributed by atoms with Gasteiger partial charge in [0, 0.05) is 10.3 Å². The van der Waals surface area contributed by atoms with Crippen LogP contribution in [-0.2, 0) is 4.79 Å². The van der Waals surface area contributed by atoms with E-state index in [1.807, 2.05) is 17.8 Å². The summed E-state index contributed by atoms with van der Waals surface area (Å²) in [6, 6.07) is 5.37. The van der Waals surface area contributed by atoms with E-state index in [9.17, 15) is 9.59 Å². The molecule has 1 N–H and O–H groups in total. The summed E-state index contributed by atoms with van der Waals surface area (Å²) in [6.45, 7) is 0.0438. The normalized spacial score (nSPS) is 35.0. The van der Waals surface area contributed by atoms with E-state index in [1.165, 1.54) is 38.5 Å². The van der Waals surface area contributed by atoms with E-state index in [-0.39, 0.29) is 18.3 Å². The molecule has 132 valence electrons. The van der Waals surface area contributed by atoms with E-state index in [1.54, 1.807) is 12.1 Å². The fourth-order valence-electron chi connectivity index (χ4n) is 5.77. The SMILES string of the molecule is O=C1COc2ccc(C(=O)CSC34CC5CC(CC(C5)C3)C4)cc2N1. The third-order valence-corrected chi connectivity index (χ3v) is 7.94. The summed E-state index contributed by atoms with van der Waals surface area (Å²) in [5.41, 5.74) is 1.28. The maximum atomic E-state index is 12.7. The van der Waals surface area contributed by atoms with Gasteiger partial charge < -0.3 is 10.1 Å². The molecule has 4 bridgehead atoms. The summed E-state index contributed by atoms with van der Waals surface area (Å²) in [5.74, 6) is 3.90. The molecule has 4 aliphatic carbocycles. The van der Waals surface area contributed by atoms with Crippen LogP contribution in [-0.4, -0.2) is 28.8 Å². The highest BCUT2D eigenvalue weighted by atomic mass is 32.2. The Morgan fingerprint density at radius 1 is 1.16 bits per heavy atom. The molecule has 5 aliphatic rings. The highest BCUT2D eigenvalue weighted by molar-refractivity contribution is 8.01. The van der Waals surface area contributed by atoms with E-state index < -0.39 is 0 Å². The quantitative estimate of drug-likeness (QED) is 0.830. The molecule has 1 amide bonds. The predicted octanol–water partition coefficient (Wildman–Crippen LogP) is 3.90. The molecule has 1 heterocycles. The van der Waals surface area contributed by atoms with Gasteiger partial charge >= 0.3 is 0 Å². The van der Waals surface area contributed by atoms with Crippen molar-refractivity contribution in [2.24, 2.45) is 17.8 Å². The predicted molar refractivity (Wildman–Crippen MR) is 98.3 cm³/mol. The number of Topliss-reactive ketones (excluding diaryl/α,β-unsaturated/α-hetero) is 1. The highest BCUT2D eigenvalue weighted by Gasteiger charge is 2.51. The lowest BCUT2D eigenvalue weighted by atomic mass is 9.56. The number of nitrogens with one attached hydrogen (secondary N) is 1. The Morgan fingerprint density at radius 3 is 2.52 bits per heavy atom.